The molecule has 0 radical (unpaired) electrons. The second-order valence-corrected chi connectivity index (χ2v) is 12.1. The van der Waals surface area contributed by atoms with Gasteiger partial charge in [-0.2, -0.15) is 4.98 Å². The molecule has 0 bridgehead atoms. The molecule has 1 unspecified atom stereocenters. The first-order valence-electron chi connectivity index (χ1n) is 14.8. The fraction of sp³-hybridized carbons (Fsp3) is 0.344. The maximum Gasteiger partial charge on any atom is 0.335 e. The maximum atomic E-state index is 14.9. The molecule has 13 heteroatoms. The van der Waals surface area contributed by atoms with Gasteiger partial charge in [-0.1, -0.05) is 17.7 Å². The van der Waals surface area contributed by atoms with Crippen molar-refractivity contribution >= 4 is 34.4 Å². The molecule has 5 aromatic rings. The lowest BCUT2D eigenvalue weighted by Gasteiger charge is -2.33. The van der Waals surface area contributed by atoms with E-state index in [1.807, 2.05) is 11.1 Å². The van der Waals surface area contributed by atoms with Crippen LogP contribution in [0.15, 0.2) is 55.1 Å². The summed E-state index contributed by atoms with van der Waals surface area (Å²) in [6.45, 7) is 4.40. The molecule has 45 heavy (non-hydrogen) atoms. The van der Waals surface area contributed by atoms with E-state index in [-0.39, 0.29) is 45.9 Å². The van der Waals surface area contributed by atoms with Crippen LogP contribution in [0.5, 0.6) is 6.01 Å². The number of nitrogens with zero attached hydrogens (tertiary/aromatic N) is 7. The molecule has 1 spiro atoms. The highest BCUT2D eigenvalue weighted by Crippen LogP contribution is 2.65. The van der Waals surface area contributed by atoms with E-state index in [9.17, 15) is 18.7 Å². The molecule has 10 nitrogen and oxygen atoms in total. The van der Waals surface area contributed by atoms with Crippen LogP contribution in [-0.4, -0.2) is 53.2 Å². The van der Waals surface area contributed by atoms with Crippen LogP contribution >= 0.6 is 11.6 Å². The van der Waals surface area contributed by atoms with Gasteiger partial charge in [-0.3, -0.25) is 0 Å². The molecule has 232 valence electrons. The average molecular weight is 634 g/mol. The van der Waals surface area contributed by atoms with Crippen LogP contribution in [0.4, 0.5) is 14.6 Å². The van der Waals surface area contributed by atoms with Crippen LogP contribution in [0.3, 0.4) is 0 Å². The van der Waals surface area contributed by atoms with E-state index in [0.29, 0.717) is 19.6 Å². The predicted molar refractivity (Wildman–Crippen MR) is 163 cm³/mol. The molecule has 1 atom stereocenters. The summed E-state index contributed by atoms with van der Waals surface area (Å²) in [5.74, 6) is -0.763. The van der Waals surface area contributed by atoms with E-state index in [2.05, 4.69) is 31.0 Å². The molecule has 7 rings (SSSR count). The molecule has 4 heterocycles. The summed E-state index contributed by atoms with van der Waals surface area (Å²) in [5.41, 5.74) is 3.06. The molecule has 2 fully saturated rings. The summed E-state index contributed by atoms with van der Waals surface area (Å²) < 4.78 is 38.9. The minimum atomic E-state index is -0.984. The number of carboxylic acids is 1. The number of carbonyl (C=O) groups is 1. The Balaban J connectivity index is 1.10. The smallest absolute Gasteiger partial charge is 0.335 e. The first-order valence-corrected chi connectivity index (χ1v) is 15.2. The number of piperidine rings is 1. The van der Waals surface area contributed by atoms with Gasteiger partial charge in [0.25, 0.3) is 0 Å². The Morgan fingerprint density at radius 2 is 1.93 bits per heavy atom. The van der Waals surface area contributed by atoms with Crippen molar-refractivity contribution in [2.24, 2.45) is 5.41 Å². The highest BCUT2D eigenvalue weighted by molar-refractivity contribution is 6.30. The van der Waals surface area contributed by atoms with Crippen molar-refractivity contribution < 1.29 is 23.4 Å². The van der Waals surface area contributed by atoms with Crippen molar-refractivity contribution in [1.29, 1.82) is 0 Å². The normalized spacial score (nSPS) is 17.2. The number of carboxylic acid groups (broad SMARTS) is 1. The van der Waals surface area contributed by atoms with Gasteiger partial charge in [-0.05, 0) is 61.9 Å². The summed E-state index contributed by atoms with van der Waals surface area (Å²) in [4.78, 5) is 31.3. The molecule has 1 aliphatic heterocycles. The van der Waals surface area contributed by atoms with Crippen LogP contribution in [0.2, 0.25) is 5.02 Å². The number of fused-ring (bicyclic) bond motifs is 1. The third-order valence-corrected chi connectivity index (χ3v) is 9.35. The number of aryl methyl sites for hydroxylation is 1. The Morgan fingerprint density at radius 1 is 1.11 bits per heavy atom. The van der Waals surface area contributed by atoms with Gasteiger partial charge < -0.3 is 23.9 Å². The monoisotopic (exact) mass is 633 g/mol. The zero-order chi connectivity index (χ0) is 31.3. The SMILES string of the molecule is CCn1cncc1Cn1c(C2CC23CCN(c2nc(OCc4ccc(Cl)cc4F)ncc2F)CC3)nc2ccc(C(=O)O)cc21. The maximum absolute atomic E-state index is 14.9. The molecular formula is C32H30ClF2N7O3. The molecule has 1 saturated carbocycles. The van der Waals surface area contributed by atoms with Gasteiger partial charge >= 0.3 is 12.0 Å². The third-order valence-electron chi connectivity index (χ3n) is 9.12. The van der Waals surface area contributed by atoms with Gasteiger partial charge in [-0.15, -0.1) is 0 Å². The van der Waals surface area contributed by atoms with Gasteiger partial charge in [0.1, 0.15) is 18.2 Å². The molecule has 1 saturated heterocycles. The number of aromatic nitrogens is 6. The highest BCUT2D eigenvalue weighted by Gasteiger charge is 2.57. The molecule has 3 aromatic heterocycles. The molecule has 1 aliphatic carbocycles. The summed E-state index contributed by atoms with van der Waals surface area (Å²) in [7, 11) is 0. The molecule has 0 amide bonds. The number of imidazole rings is 2. The van der Waals surface area contributed by atoms with Crippen molar-refractivity contribution in [3.8, 4) is 6.01 Å². The topological polar surface area (TPSA) is 111 Å². The number of anilines is 1. The molecule has 2 aromatic carbocycles. The standard InChI is InChI=1S/C32H30ClF2N7O3/c1-2-40-18-36-14-22(40)16-42-27-11-19(30(43)44)4-6-26(27)38-28(42)23-13-32(23)7-9-41(10-8-32)29-25(35)15-37-31(39-29)45-17-20-3-5-21(33)12-24(20)34/h3-6,11-12,14-15,18,23H,2,7-10,13,16-17H2,1H3,(H,43,44). The Hall–Kier alpha value is -4.58. The zero-order valence-corrected chi connectivity index (χ0v) is 25.2. The first-order chi connectivity index (χ1) is 21.7. The van der Waals surface area contributed by atoms with E-state index < -0.39 is 17.6 Å². The summed E-state index contributed by atoms with van der Waals surface area (Å²) >= 11 is 5.83. The second-order valence-electron chi connectivity index (χ2n) is 11.7. The Labute approximate surface area is 262 Å². The van der Waals surface area contributed by atoms with E-state index in [0.717, 1.165) is 54.6 Å². The zero-order valence-electron chi connectivity index (χ0n) is 24.5. The van der Waals surface area contributed by atoms with Crippen molar-refractivity contribution in [3.05, 3.63) is 94.4 Å². The van der Waals surface area contributed by atoms with Crippen LogP contribution < -0.4 is 9.64 Å². The summed E-state index contributed by atoms with van der Waals surface area (Å²) in [6.07, 6.45) is 7.27. The van der Waals surface area contributed by atoms with Gasteiger partial charge in [-0.25, -0.2) is 28.5 Å². The van der Waals surface area contributed by atoms with E-state index in [1.54, 1.807) is 30.6 Å². The van der Waals surface area contributed by atoms with Gasteiger partial charge in [0.15, 0.2) is 11.6 Å². The van der Waals surface area contributed by atoms with Crippen LogP contribution in [0, 0.1) is 17.0 Å². The van der Waals surface area contributed by atoms with E-state index in [4.69, 9.17) is 21.3 Å². The predicted octanol–water partition coefficient (Wildman–Crippen LogP) is 6.07. The minimum Gasteiger partial charge on any atom is -0.478 e. The van der Waals surface area contributed by atoms with Crippen molar-refractivity contribution in [2.45, 2.75) is 51.8 Å². The average Bonchev–Trinajstić information content (AvgIpc) is 3.34. The molecular weight excluding hydrogens is 604 g/mol. The second kappa shape index (κ2) is 11.4. The summed E-state index contributed by atoms with van der Waals surface area (Å²) in [5, 5.41) is 9.93. The Bertz CT molecular complexity index is 1920. The van der Waals surface area contributed by atoms with Crippen molar-refractivity contribution in [2.75, 3.05) is 18.0 Å². The lowest BCUT2D eigenvalue weighted by molar-refractivity contribution is 0.0697. The number of aromatic carboxylic acids is 1. The fourth-order valence-corrected chi connectivity index (χ4v) is 6.64. The number of hydrogen-bond acceptors (Lipinski definition) is 7. The molecule has 1 N–H and O–H groups in total. The third kappa shape index (κ3) is 5.47. The number of hydrogen-bond donors (Lipinski definition) is 1. The van der Waals surface area contributed by atoms with Crippen LogP contribution in [0.1, 0.15) is 59.5 Å². The minimum absolute atomic E-state index is 0.00516. The van der Waals surface area contributed by atoms with Gasteiger partial charge in [0, 0.05) is 42.3 Å². The van der Waals surface area contributed by atoms with Crippen LogP contribution in [-0.2, 0) is 19.7 Å². The number of halogens is 3. The van der Waals surface area contributed by atoms with Gasteiger partial charge in [0.05, 0.1) is 41.4 Å². The Kier molecular flexibility index (Phi) is 7.39. The lowest BCUT2D eigenvalue weighted by atomic mass is 9.90. The van der Waals surface area contributed by atoms with Crippen molar-refractivity contribution in [1.82, 2.24) is 29.1 Å². The van der Waals surface area contributed by atoms with Gasteiger partial charge in [0.2, 0.25) is 0 Å². The largest absolute Gasteiger partial charge is 0.478 e. The van der Waals surface area contributed by atoms with Crippen molar-refractivity contribution in [3.63, 3.8) is 0 Å². The Morgan fingerprint density at radius 3 is 2.69 bits per heavy atom. The summed E-state index contributed by atoms with van der Waals surface area (Å²) in [6, 6.07) is 9.31. The number of ether oxygens (including phenoxy) is 1. The number of rotatable bonds is 9. The lowest BCUT2D eigenvalue weighted by Crippen LogP contribution is -2.36. The quantitative estimate of drug-likeness (QED) is 0.208. The molecule has 2 aliphatic rings. The first kappa shape index (κ1) is 29.1. The fourth-order valence-electron chi connectivity index (χ4n) is 6.48. The highest BCUT2D eigenvalue weighted by atomic mass is 35.5. The van der Waals surface area contributed by atoms with Crippen LogP contribution in [0.25, 0.3) is 11.0 Å². The van der Waals surface area contributed by atoms with E-state index in [1.165, 1.54) is 12.1 Å². The van der Waals surface area contributed by atoms with E-state index >= 15 is 0 Å². The number of benzene rings is 2.